The topological polar surface area (TPSA) is 84.2 Å². The van der Waals surface area contributed by atoms with Crippen molar-refractivity contribution in [1.82, 2.24) is 29.7 Å². The Morgan fingerprint density at radius 1 is 1.35 bits per heavy atom. The number of allylic oxidation sites excluding steroid dienone is 3. The maximum Gasteiger partial charge on any atom is 0.335 e. The van der Waals surface area contributed by atoms with Crippen LogP contribution in [-0.4, -0.2) is 50.6 Å². The van der Waals surface area contributed by atoms with Crippen LogP contribution < -0.4 is 16.3 Å². The number of hydrogen-bond acceptors (Lipinski definition) is 6. The average Bonchev–Trinajstić information content (AvgIpc) is 3.44. The first-order valence-corrected chi connectivity index (χ1v) is 12.3. The van der Waals surface area contributed by atoms with Gasteiger partial charge in [0.2, 0.25) is 0 Å². The van der Waals surface area contributed by atoms with Gasteiger partial charge in [-0.3, -0.25) is 9.36 Å². The first-order chi connectivity index (χ1) is 16.5. The first-order valence-electron chi connectivity index (χ1n) is 11.4. The molecule has 0 bridgehead atoms. The molecule has 0 spiro atoms. The number of imidazole rings is 1. The number of carbonyl (C=O) groups excluding carboxylic acids is 1. The standard InChI is InChI=1S/C25H30N6O2S/c1-5-10-20(30-14-13-26-17(6-2)15-30)18(7-3)27-23(32)19-16-34-24(28-19)31-22-12-9-8-11-21(22)29(4)25(31)33/h5,7-12,16-17,26H,1,6,13-15H2,2-4H3,(H,27,32)/b18-7+,20-10+/t17-/m0/s1. The Labute approximate surface area is 202 Å². The molecule has 0 radical (unpaired) electrons. The van der Waals surface area contributed by atoms with Crippen LogP contribution in [0.5, 0.6) is 0 Å². The van der Waals surface area contributed by atoms with Crippen LogP contribution in [0.2, 0.25) is 0 Å². The molecule has 0 unspecified atom stereocenters. The van der Waals surface area contributed by atoms with Crippen LogP contribution in [0.15, 0.2) is 70.6 Å². The fourth-order valence-electron chi connectivity index (χ4n) is 4.21. The van der Waals surface area contributed by atoms with Crippen LogP contribution in [0.3, 0.4) is 0 Å². The van der Waals surface area contributed by atoms with Crippen molar-refractivity contribution in [3.05, 3.63) is 82.0 Å². The lowest BCUT2D eigenvalue weighted by Crippen LogP contribution is -2.50. The van der Waals surface area contributed by atoms with Gasteiger partial charge in [-0.1, -0.05) is 37.8 Å². The maximum atomic E-state index is 13.1. The normalized spacial score (nSPS) is 17.3. The molecule has 1 atom stereocenters. The number of benzene rings is 1. The summed E-state index contributed by atoms with van der Waals surface area (Å²) in [5.74, 6) is -0.318. The fourth-order valence-corrected chi connectivity index (χ4v) is 5.02. The van der Waals surface area contributed by atoms with Crippen LogP contribution in [-0.2, 0) is 7.05 Å². The van der Waals surface area contributed by atoms with E-state index in [2.05, 4.69) is 34.0 Å². The lowest BCUT2D eigenvalue weighted by molar-refractivity contribution is 0.0960. The molecular weight excluding hydrogens is 448 g/mol. The van der Waals surface area contributed by atoms with Crippen LogP contribution in [0, 0.1) is 0 Å². The van der Waals surface area contributed by atoms with Crippen molar-refractivity contribution >= 4 is 28.3 Å². The Kier molecular flexibility index (Phi) is 7.14. The van der Waals surface area contributed by atoms with Gasteiger partial charge in [0, 0.05) is 38.1 Å². The number of thiazole rings is 1. The van der Waals surface area contributed by atoms with Crippen molar-refractivity contribution in [2.45, 2.75) is 26.3 Å². The molecule has 1 fully saturated rings. The summed E-state index contributed by atoms with van der Waals surface area (Å²) >= 11 is 1.27. The number of nitrogens with one attached hydrogen (secondary N) is 2. The van der Waals surface area contributed by atoms with Crippen molar-refractivity contribution in [3.63, 3.8) is 0 Å². The summed E-state index contributed by atoms with van der Waals surface area (Å²) in [6, 6.07) is 7.93. The molecule has 2 aromatic heterocycles. The zero-order valence-electron chi connectivity index (χ0n) is 19.7. The largest absolute Gasteiger partial charge is 0.367 e. The number of carbonyl (C=O) groups is 1. The second-order valence-corrected chi connectivity index (χ2v) is 8.97. The molecular formula is C25H30N6O2S. The molecule has 1 saturated heterocycles. The van der Waals surface area contributed by atoms with E-state index >= 15 is 0 Å². The highest BCUT2D eigenvalue weighted by atomic mass is 32.1. The Morgan fingerprint density at radius 2 is 2.12 bits per heavy atom. The second kappa shape index (κ2) is 10.2. The smallest absolute Gasteiger partial charge is 0.335 e. The van der Waals surface area contributed by atoms with Crippen LogP contribution in [0.25, 0.3) is 16.2 Å². The van der Waals surface area contributed by atoms with Crippen molar-refractivity contribution < 1.29 is 4.79 Å². The van der Waals surface area contributed by atoms with Gasteiger partial charge in [0.25, 0.3) is 5.91 Å². The number of nitrogens with zero attached hydrogens (tertiary/aromatic N) is 4. The number of fused-ring (bicyclic) bond motifs is 1. The van der Waals surface area contributed by atoms with E-state index in [9.17, 15) is 9.59 Å². The van der Waals surface area contributed by atoms with E-state index in [1.165, 1.54) is 11.3 Å². The molecule has 2 N–H and O–H groups in total. The number of hydrogen-bond donors (Lipinski definition) is 2. The molecule has 8 nitrogen and oxygen atoms in total. The van der Waals surface area contributed by atoms with Crippen molar-refractivity contribution in [2.75, 3.05) is 19.6 Å². The van der Waals surface area contributed by atoms with Gasteiger partial charge in [-0.25, -0.2) is 14.3 Å². The van der Waals surface area contributed by atoms with Crippen LogP contribution in [0.1, 0.15) is 30.8 Å². The third-order valence-corrected chi connectivity index (χ3v) is 6.88. The summed E-state index contributed by atoms with van der Waals surface area (Å²) in [4.78, 5) is 32.7. The van der Waals surface area contributed by atoms with Gasteiger partial charge in [-0.2, -0.15) is 0 Å². The lowest BCUT2D eigenvalue weighted by Gasteiger charge is -2.37. The number of amides is 1. The van der Waals surface area contributed by atoms with Crippen molar-refractivity contribution in [3.8, 4) is 5.13 Å². The second-order valence-electron chi connectivity index (χ2n) is 8.13. The summed E-state index contributed by atoms with van der Waals surface area (Å²) in [6.45, 7) is 10.5. The minimum Gasteiger partial charge on any atom is -0.367 e. The number of aryl methyl sites for hydroxylation is 1. The predicted octanol–water partition coefficient (Wildman–Crippen LogP) is 3.17. The predicted molar refractivity (Wildman–Crippen MR) is 137 cm³/mol. The van der Waals surface area contributed by atoms with Crippen molar-refractivity contribution in [1.29, 1.82) is 0 Å². The molecule has 3 heterocycles. The molecule has 3 aromatic rings. The van der Waals surface area contributed by atoms with Gasteiger partial charge < -0.3 is 15.5 Å². The molecule has 9 heteroatoms. The molecule has 1 aromatic carbocycles. The summed E-state index contributed by atoms with van der Waals surface area (Å²) in [5.41, 5.74) is 3.27. The number of rotatable bonds is 7. The molecule has 0 aliphatic carbocycles. The summed E-state index contributed by atoms with van der Waals surface area (Å²) in [6.07, 6.45) is 6.58. The van der Waals surface area contributed by atoms with Crippen LogP contribution in [0.4, 0.5) is 0 Å². The van der Waals surface area contributed by atoms with E-state index in [1.54, 1.807) is 27.6 Å². The Balaban J connectivity index is 1.59. The highest BCUT2D eigenvalue weighted by Gasteiger charge is 2.23. The van der Waals surface area contributed by atoms with Gasteiger partial charge >= 0.3 is 5.69 Å². The van der Waals surface area contributed by atoms with E-state index in [1.807, 2.05) is 43.3 Å². The van der Waals surface area contributed by atoms with E-state index < -0.39 is 0 Å². The zero-order chi connectivity index (χ0) is 24.2. The highest BCUT2D eigenvalue weighted by Crippen LogP contribution is 2.21. The van der Waals surface area contributed by atoms with Gasteiger partial charge in [-0.05, 0) is 31.6 Å². The van der Waals surface area contributed by atoms with Gasteiger partial charge in [0.05, 0.1) is 22.4 Å². The molecule has 1 amide bonds. The summed E-state index contributed by atoms with van der Waals surface area (Å²) in [7, 11) is 1.73. The average molecular weight is 479 g/mol. The minimum atomic E-state index is -0.318. The number of para-hydroxylation sites is 2. The molecule has 1 aliphatic rings. The van der Waals surface area contributed by atoms with E-state index in [4.69, 9.17) is 0 Å². The summed E-state index contributed by atoms with van der Waals surface area (Å²) in [5, 5.41) is 8.68. The molecule has 178 valence electrons. The van der Waals surface area contributed by atoms with E-state index in [-0.39, 0.29) is 17.3 Å². The number of piperazine rings is 1. The first kappa shape index (κ1) is 23.7. The molecule has 4 rings (SSSR count). The third kappa shape index (κ3) is 4.49. The zero-order valence-corrected chi connectivity index (χ0v) is 20.6. The van der Waals surface area contributed by atoms with E-state index in [0.29, 0.717) is 16.9 Å². The Hall–Kier alpha value is -3.43. The minimum absolute atomic E-state index is 0.197. The SMILES string of the molecule is C=C/C=C(\C(=C/C)NC(=O)c1csc(-n2c(=O)n(C)c3ccccc32)n1)N1CCN[C@@H](CC)C1. The highest BCUT2D eigenvalue weighted by molar-refractivity contribution is 7.12. The molecule has 0 saturated carbocycles. The molecule has 34 heavy (non-hydrogen) atoms. The monoisotopic (exact) mass is 478 g/mol. The Bertz CT molecular complexity index is 1330. The quantitative estimate of drug-likeness (QED) is 0.510. The summed E-state index contributed by atoms with van der Waals surface area (Å²) < 4.78 is 3.12. The van der Waals surface area contributed by atoms with E-state index in [0.717, 1.165) is 42.8 Å². The van der Waals surface area contributed by atoms with Crippen molar-refractivity contribution in [2.24, 2.45) is 7.05 Å². The molecule has 1 aliphatic heterocycles. The van der Waals surface area contributed by atoms with Crippen LogP contribution >= 0.6 is 11.3 Å². The van der Waals surface area contributed by atoms with Gasteiger partial charge in [0.15, 0.2) is 5.13 Å². The van der Waals surface area contributed by atoms with Gasteiger partial charge in [0.1, 0.15) is 5.69 Å². The fraction of sp³-hybridized carbons (Fsp3) is 0.320. The third-order valence-electron chi connectivity index (χ3n) is 6.06. The number of aromatic nitrogens is 3. The Morgan fingerprint density at radius 3 is 2.82 bits per heavy atom. The maximum absolute atomic E-state index is 13.1. The lowest BCUT2D eigenvalue weighted by atomic mass is 10.1. The van der Waals surface area contributed by atoms with Gasteiger partial charge in [-0.15, -0.1) is 11.3 Å².